The molecule has 2 amide bonds. The van der Waals surface area contributed by atoms with Gasteiger partial charge >= 0.3 is 6.03 Å². The number of hydrogen-bond acceptors (Lipinski definition) is 4. The van der Waals surface area contributed by atoms with E-state index in [1.807, 2.05) is 39.0 Å². The molecule has 0 saturated heterocycles. The van der Waals surface area contributed by atoms with Crippen LogP contribution in [0.25, 0.3) is 0 Å². The van der Waals surface area contributed by atoms with Crippen LogP contribution in [0.4, 0.5) is 10.6 Å². The molecule has 0 bridgehead atoms. The number of para-hydroxylation sites is 1. The number of urea groups is 1. The van der Waals surface area contributed by atoms with E-state index in [9.17, 15) is 4.79 Å². The highest BCUT2D eigenvalue weighted by molar-refractivity contribution is 5.88. The molecular formula is C17H22N4O3. The molecule has 0 aliphatic carbocycles. The third-order valence-corrected chi connectivity index (χ3v) is 3.61. The van der Waals surface area contributed by atoms with Gasteiger partial charge in [-0.1, -0.05) is 12.1 Å². The van der Waals surface area contributed by atoms with Gasteiger partial charge in [0.25, 0.3) is 0 Å². The van der Waals surface area contributed by atoms with Gasteiger partial charge in [0.1, 0.15) is 19.0 Å². The van der Waals surface area contributed by atoms with Gasteiger partial charge in [0, 0.05) is 18.2 Å². The smallest absolute Gasteiger partial charge is 0.320 e. The van der Waals surface area contributed by atoms with Crippen molar-refractivity contribution in [3.05, 3.63) is 36.0 Å². The Labute approximate surface area is 140 Å². The fourth-order valence-electron chi connectivity index (χ4n) is 2.54. The van der Waals surface area contributed by atoms with Crippen molar-refractivity contribution in [2.45, 2.75) is 32.9 Å². The van der Waals surface area contributed by atoms with Crippen LogP contribution in [0.1, 0.15) is 26.3 Å². The summed E-state index contributed by atoms with van der Waals surface area (Å²) < 4.78 is 13.0. The van der Waals surface area contributed by atoms with Crippen LogP contribution in [0.15, 0.2) is 30.5 Å². The van der Waals surface area contributed by atoms with Crippen molar-refractivity contribution >= 4 is 11.8 Å². The molecule has 0 radical (unpaired) electrons. The summed E-state index contributed by atoms with van der Waals surface area (Å²) in [5, 5.41) is 9.92. The lowest BCUT2D eigenvalue weighted by Crippen LogP contribution is -2.32. The van der Waals surface area contributed by atoms with Gasteiger partial charge in [-0.2, -0.15) is 5.10 Å². The molecule has 1 aromatic carbocycles. The average molecular weight is 330 g/mol. The van der Waals surface area contributed by atoms with E-state index in [1.165, 1.54) is 0 Å². The Kier molecular flexibility index (Phi) is 4.33. The SMILES string of the molecule is CC(C)(C)n1nccc1NC(=O)NCc1cccc2c1OCCO2. The van der Waals surface area contributed by atoms with E-state index in [0.717, 1.165) is 5.56 Å². The molecule has 0 unspecified atom stereocenters. The molecule has 0 atom stereocenters. The largest absolute Gasteiger partial charge is 0.486 e. The lowest BCUT2D eigenvalue weighted by Gasteiger charge is -2.23. The summed E-state index contributed by atoms with van der Waals surface area (Å²) in [5.41, 5.74) is 0.669. The molecule has 1 aromatic heterocycles. The van der Waals surface area contributed by atoms with E-state index < -0.39 is 0 Å². The molecular weight excluding hydrogens is 308 g/mol. The fourth-order valence-corrected chi connectivity index (χ4v) is 2.54. The second kappa shape index (κ2) is 6.43. The second-order valence-electron chi connectivity index (χ2n) is 6.55. The number of carbonyl (C=O) groups excluding carboxylic acids is 1. The second-order valence-corrected chi connectivity index (χ2v) is 6.55. The monoisotopic (exact) mass is 330 g/mol. The number of nitrogens with zero attached hydrogens (tertiary/aromatic N) is 2. The molecule has 0 saturated carbocycles. The number of rotatable bonds is 3. The minimum Gasteiger partial charge on any atom is -0.486 e. The zero-order chi connectivity index (χ0) is 17.2. The minimum atomic E-state index is -0.296. The number of benzene rings is 1. The maximum absolute atomic E-state index is 12.2. The van der Waals surface area contributed by atoms with Crippen molar-refractivity contribution in [3.63, 3.8) is 0 Å². The van der Waals surface area contributed by atoms with E-state index in [4.69, 9.17) is 9.47 Å². The average Bonchev–Trinajstić information content (AvgIpc) is 3.01. The number of ether oxygens (including phenoxy) is 2. The first-order valence-electron chi connectivity index (χ1n) is 7.92. The van der Waals surface area contributed by atoms with Gasteiger partial charge in [0.15, 0.2) is 11.5 Å². The number of hydrogen-bond donors (Lipinski definition) is 2. The molecule has 1 aliphatic rings. The molecule has 2 aromatic rings. The van der Waals surface area contributed by atoms with Gasteiger partial charge in [-0.25, -0.2) is 9.48 Å². The number of fused-ring (bicyclic) bond motifs is 1. The van der Waals surface area contributed by atoms with Gasteiger partial charge in [0.05, 0.1) is 11.7 Å². The molecule has 7 nitrogen and oxygen atoms in total. The van der Waals surface area contributed by atoms with E-state index in [0.29, 0.717) is 37.1 Å². The van der Waals surface area contributed by atoms with E-state index in [1.54, 1.807) is 16.9 Å². The van der Waals surface area contributed by atoms with Crippen molar-refractivity contribution in [3.8, 4) is 11.5 Å². The molecule has 128 valence electrons. The lowest BCUT2D eigenvalue weighted by molar-refractivity contribution is 0.169. The highest BCUT2D eigenvalue weighted by Gasteiger charge is 2.19. The summed E-state index contributed by atoms with van der Waals surface area (Å²) in [7, 11) is 0. The van der Waals surface area contributed by atoms with Crippen LogP contribution < -0.4 is 20.1 Å². The summed E-state index contributed by atoms with van der Waals surface area (Å²) in [4.78, 5) is 12.2. The molecule has 7 heteroatoms. The first-order valence-corrected chi connectivity index (χ1v) is 7.92. The van der Waals surface area contributed by atoms with Crippen molar-refractivity contribution < 1.29 is 14.3 Å². The van der Waals surface area contributed by atoms with Crippen molar-refractivity contribution in [2.24, 2.45) is 0 Å². The molecule has 2 N–H and O–H groups in total. The number of aromatic nitrogens is 2. The van der Waals surface area contributed by atoms with Gasteiger partial charge in [-0.3, -0.25) is 5.32 Å². The van der Waals surface area contributed by atoms with Crippen molar-refractivity contribution in [1.29, 1.82) is 0 Å². The number of carbonyl (C=O) groups is 1. The van der Waals surface area contributed by atoms with E-state index in [-0.39, 0.29) is 11.6 Å². The molecule has 2 heterocycles. The van der Waals surface area contributed by atoms with Gasteiger partial charge in [-0.15, -0.1) is 0 Å². The zero-order valence-electron chi connectivity index (χ0n) is 14.1. The van der Waals surface area contributed by atoms with Crippen LogP contribution in [0.5, 0.6) is 11.5 Å². The van der Waals surface area contributed by atoms with Crippen LogP contribution in [0.3, 0.4) is 0 Å². The van der Waals surface area contributed by atoms with Gasteiger partial charge in [0.2, 0.25) is 0 Å². The predicted octanol–water partition coefficient (Wildman–Crippen LogP) is 2.73. The third-order valence-electron chi connectivity index (χ3n) is 3.61. The molecule has 0 spiro atoms. The topological polar surface area (TPSA) is 77.4 Å². The summed E-state index contributed by atoms with van der Waals surface area (Å²) in [5.74, 6) is 2.06. The maximum Gasteiger partial charge on any atom is 0.320 e. The molecule has 0 fully saturated rings. The Morgan fingerprint density at radius 1 is 1.25 bits per heavy atom. The number of nitrogens with one attached hydrogen (secondary N) is 2. The third kappa shape index (κ3) is 3.45. The zero-order valence-corrected chi connectivity index (χ0v) is 14.1. The summed E-state index contributed by atoms with van der Waals surface area (Å²) >= 11 is 0. The van der Waals surface area contributed by atoms with Gasteiger partial charge in [-0.05, 0) is 26.8 Å². The van der Waals surface area contributed by atoms with E-state index >= 15 is 0 Å². The number of anilines is 1. The standard InChI is InChI=1S/C17H22N4O3/c1-17(2,3)21-14(7-8-19-21)20-16(22)18-11-12-5-4-6-13-15(12)24-10-9-23-13/h4-8H,9-11H2,1-3H3,(H2,18,20,22). The summed E-state index contributed by atoms with van der Waals surface area (Å²) in [6.07, 6.45) is 1.67. The Morgan fingerprint density at radius 3 is 2.83 bits per heavy atom. The van der Waals surface area contributed by atoms with E-state index in [2.05, 4.69) is 15.7 Å². The molecule has 1 aliphatic heterocycles. The Hall–Kier alpha value is -2.70. The Morgan fingerprint density at radius 2 is 2.04 bits per heavy atom. The first kappa shape index (κ1) is 16.2. The maximum atomic E-state index is 12.2. The Bertz CT molecular complexity index is 734. The van der Waals surface area contributed by atoms with Crippen LogP contribution in [-0.4, -0.2) is 29.0 Å². The predicted molar refractivity (Wildman–Crippen MR) is 90.5 cm³/mol. The normalized spacial score (nSPS) is 13.5. The highest BCUT2D eigenvalue weighted by Crippen LogP contribution is 2.33. The van der Waals surface area contributed by atoms with Crippen molar-refractivity contribution in [2.75, 3.05) is 18.5 Å². The Balaban J connectivity index is 1.64. The van der Waals surface area contributed by atoms with Crippen LogP contribution in [0, 0.1) is 0 Å². The van der Waals surface area contributed by atoms with Gasteiger partial charge < -0.3 is 14.8 Å². The van der Waals surface area contributed by atoms with Crippen LogP contribution >= 0.6 is 0 Å². The molecule has 3 rings (SSSR count). The van der Waals surface area contributed by atoms with Crippen LogP contribution in [-0.2, 0) is 12.1 Å². The fraction of sp³-hybridized carbons (Fsp3) is 0.412. The summed E-state index contributed by atoms with van der Waals surface area (Å²) in [6, 6.07) is 7.13. The molecule has 24 heavy (non-hydrogen) atoms. The number of amides is 2. The lowest BCUT2D eigenvalue weighted by atomic mass is 10.1. The summed E-state index contributed by atoms with van der Waals surface area (Å²) in [6.45, 7) is 7.48. The minimum absolute atomic E-state index is 0.213. The van der Waals surface area contributed by atoms with Crippen molar-refractivity contribution in [1.82, 2.24) is 15.1 Å². The quantitative estimate of drug-likeness (QED) is 0.907. The first-order chi connectivity index (χ1) is 11.4. The highest BCUT2D eigenvalue weighted by atomic mass is 16.6. The van der Waals surface area contributed by atoms with Crippen LogP contribution in [0.2, 0.25) is 0 Å².